The molecule has 0 aromatic heterocycles. The van der Waals surface area contributed by atoms with Crippen molar-refractivity contribution in [1.82, 2.24) is 5.01 Å². The first-order valence-corrected chi connectivity index (χ1v) is 8.97. The van der Waals surface area contributed by atoms with Crippen molar-refractivity contribution in [3.63, 3.8) is 0 Å². The van der Waals surface area contributed by atoms with E-state index in [2.05, 4.69) is 5.10 Å². The van der Waals surface area contributed by atoms with Crippen molar-refractivity contribution in [3.05, 3.63) is 65.4 Å². The highest BCUT2D eigenvalue weighted by Crippen LogP contribution is 2.40. The summed E-state index contributed by atoms with van der Waals surface area (Å²) in [5, 5.41) is 16.4. The van der Waals surface area contributed by atoms with Gasteiger partial charge in [-0.2, -0.15) is 5.10 Å². The Bertz CT molecular complexity index is 1020. The number of rotatable bonds is 5. The Balaban J connectivity index is 2.10. The predicted octanol–water partition coefficient (Wildman–Crippen LogP) is 4.57. The number of ether oxygens (including phenoxy) is 3. The van der Waals surface area contributed by atoms with Gasteiger partial charge < -0.3 is 19.3 Å². The summed E-state index contributed by atoms with van der Waals surface area (Å²) in [4.78, 5) is 12.3. The van der Waals surface area contributed by atoms with Crippen LogP contribution in [0.1, 0.15) is 25.0 Å². The van der Waals surface area contributed by atoms with Gasteiger partial charge in [0.2, 0.25) is 0 Å². The number of aliphatic hydroxyl groups excluding tert-OH is 1. The molecule has 29 heavy (non-hydrogen) atoms. The maximum absolute atomic E-state index is 12.3. The highest BCUT2D eigenvalue weighted by molar-refractivity contribution is 6.01. The second kappa shape index (κ2) is 8.52. The van der Waals surface area contributed by atoms with Crippen LogP contribution < -0.4 is 9.47 Å². The Hall–Kier alpha value is -3.74. The fourth-order valence-corrected chi connectivity index (χ4v) is 3.06. The summed E-state index contributed by atoms with van der Waals surface area (Å²) in [6.07, 6.45) is 3.33. The lowest BCUT2D eigenvalue weighted by Gasteiger charge is -2.30. The molecular formula is C22H22N2O5. The first-order valence-electron chi connectivity index (χ1n) is 8.97. The van der Waals surface area contributed by atoms with Gasteiger partial charge in [-0.1, -0.05) is 12.1 Å². The molecule has 0 spiro atoms. The summed E-state index contributed by atoms with van der Waals surface area (Å²) in [6.45, 7) is 3.54. The molecule has 3 rings (SSSR count). The number of benzene rings is 2. The standard InChI is InChI=1S/C22H22N2O5/c1-5-19-18-13-16(29-15-9-7-8-14(12-15)27-3)10-11-17(18)21(25)20(22(26)28-4)24(19)23-6-2/h5-13,25H,1-4H3/b19-5+,23-6-. The zero-order valence-electron chi connectivity index (χ0n) is 16.7. The molecule has 7 nitrogen and oxygen atoms in total. The Kier molecular flexibility index (Phi) is 5.87. The van der Waals surface area contributed by atoms with Gasteiger partial charge in [0.05, 0.1) is 19.9 Å². The number of carbonyl (C=O) groups is 1. The molecule has 1 N–H and O–H groups in total. The number of hydrazone groups is 1. The zero-order chi connectivity index (χ0) is 21.0. The Morgan fingerprint density at radius 2 is 1.76 bits per heavy atom. The van der Waals surface area contributed by atoms with E-state index in [9.17, 15) is 9.90 Å². The fraction of sp³-hybridized carbons (Fsp3) is 0.182. The Morgan fingerprint density at radius 1 is 1.03 bits per heavy atom. The maximum atomic E-state index is 12.3. The summed E-state index contributed by atoms with van der Waals surface area (Å²) >= 11 is 0. The zero-order valence-corrected chi connectivity index (χ0v) is 16.7. The molecule has 0 saturated carbocycles. The van der Waals surface area contributed by atoms with Gasteiger partial charge in [-0.05, 0) is 44.2 Å². The van der Waals surface area contributed by atoms with Crippen LogP contribution in [0, 0.1) is 0 Å². The molecule has 1 heterocycles. The van der Waals surface area contributed by atoms with Gasteiger partial charge in [0.1, 0.15) is 17.2 Å². The van der Waals surface area contributed by atoms with Gasteiger partial charge in [0.25, 0.3) is 0 Å². The Morgan fingerprint density at radius 3 is 2.41 bits per heavy atom. The number of methoxy groups -OCH3 is 2. The summed E-state index contributed by atoms with van der Waals surface area (Å²) in [6, 6.07) is 12.4. The fourth-order valence-electron chi connectivity index (χ4n) is 3.06. The van der Waals surface area contributed by atoms with E-state index in [1.807, 2.05) is 25.1 Å². The second-order valence-electron chi connectivity index (χ2n) is 6.04. The number of nitrogens with zero attached hydrogens (tertiary/aromatic N) is 2. The van der Waals surface area contributed by atoms with E-state index >= 15 is 0 Å². The van der Waals surface area contributed by atoms with Crippen LogP contribution in [0.4, 0.5) is 0 Å². The average Bonchev–Trinajstić information content (AvgIpc) is 2.74. The minimum absolute atomic E-state index is 0.0485. The largest absolute Gasteiger partial charge is 0.505 e. The molecule has 0 radical (unpaired) electrons. The third-order valence-corrected chi connectivity index (χ3v) is 4.35. The molecule has 0 fully saturated rings. The summed E-state index contributed by atoms with van der Waals surface area (Å²) in [5.41, 5.74) is 1.72. The quantitative estimate of drug-likeness (QED) is 0.591. The lowest BCUT2D eigenvalue weighted by Crippen LogP contribution is -2.28. The van der Waals surface area contributed by atoms with Gasteiger partial charge in [0, 0.05) is 23.4 Å². The SMILES string of the molecule is C/C=N\N1C(C(=O)OC)=C(O)c2ccc(Oc3cccc(OC)c3)cc2/C1=C\C. The van der Waals surface area contributed by atoms with Crippen molar-refractivity contribution in [3.8, 4) is 17.2 Å². The van der Waals surface area contributed by atoms with Crippen molar-refractivity contribution in [2.45, 2.75) is 13.8 Å². The molecule has 0 unspecified atom stereocenters. The molecule has 2 aromatic carbocycles. The van der Waals surface area contributed by atoms with Crippen LogP contribution in [0.5, 0.6) is 17.2 Å². The van der Waals surface area contributed by atoms with Crippen LogP contribution in [0.3, 0.4) is 0 Å². The molecule has 1 aliphatic heterocycles. The molecule has 1 aliphatic rings. The van der Waals surface area contributed by atoms with E-state index < -0.39 is 5.97 Å². The summed E-state index contributed by atoms with van der Waals surface area (Å²) in [5.74, 6) is 0.957. The van der Waals surface area contributed by atoms with Crippen LogP contribution in [0.2, 0.25) is 0 Å². The molecule has 0 bridgehead atoms. The second-order valence-corrected chi connectivity index (χ2v) is 6.04. The van der Waals surface area contributed by atoms with Crippen molar-refractivity contribution < 1.29 is 24.1 Å². The third kappa shape index (κ3) is 3.80. The van der Waals surface area contributed by atoms with Crippen molar-refractivity contribution in [2.75, 3.05) is 14.2 Å². The number of hydrogen-bond acceptors (Lipinski definition) is 7. The average molecular weight is 394 g/mol. The summed E-state index contributed by atoms with van der Waals surface area (Å²) < 4.78 is 16.0. The van der Waals surface area contributed by atoms with Crippen LogP contribution in [-0.2, 0) is 9.53 Å². The molecule has 2 aromatic rings. The first-order chi connectivity index (χ1) is 14.0. The molecule has 0 amide bonds. The molecule has 0 aliphatic carbocycles. The van der Waals surface area contributed by atoms with Crippen molar-refractivity contribution in [2.24, 2.45) is 5.10 Å². The van der Waals surface area contributed by atoms with Crippen LogP contribution >= 0.6 is 0 Å². The van der Waals surface area contributed by atoms with Crippen LogP contribution in [-0.4, -0.2) is 36.5 Å². The van der Waals surface area contributed by atoms with Gasteiger partial charge in [-0.25, -0.2) is 9.80 Å². The topological polar surface area (TPSA) is 80.6 Å². The van der Waals surface area contributed by atoms with E-state index in [0.29, 0.717) is 34.1 Å². The smallest absolute Gasteiger partial charge is 0.360 e. The first kappa shape index (κ1) is 20.0. The van der Waals surface area contributed by atoms with Crippen molar-refractivity contribution in [1.29, 1.82) is 0 Å². The number of fused-ring (bicyclic) bond motifs is 1. The monoisotopic (exact) mass is 394 g/mol. The predicted molar refractivity (Wildman–Crippen MR) is 111 cm³/mol. The summed E-state index contributed by atoms with van der Waals surface area (Å²) in [7, 11) is 2.85. The van der Waals surface area contributed by atoms with Crippen LogP contribution in [0.25, 0.3) is 11.5 Å². The maximum Gasteiger partial charge on any atom is 0.360 e. The van der Waals surface area contributed by atoms with E-state index in [-0.39, 0.29) is 11.5 Å². The normalized spacial score (nSPS) is 14.9. The van der Waals surface area contributed by atoms with Gasteiger partial charge in [0.15, 0.2) is 11.5 Å². The van der Waals surface area contributed by atoms with E-state index in [1.165, 1.54) is 18.3 Å². The number of allylic oxidation sites excluding steroid dienone is 1. The minimum atomic E-state index is -0.685. The number of esters is 1. The molecule has 0 saturated heterocycles. The number of aliphatic hydroxyl groups is 1. The molecular weight excluding hydrogens is 372 g/mol. The van der Waals surface area contributed by atoms with Gasteiger partial charge in [-0.3, -0.25) is 0 Å². The highest BCUT2D eigenvalue weighted by atomic mass is 16.5. The van der Waals surface area contributed by atoms with Crippen LogP contribution in [0.15, 0.2) is 59.3 Å². The molecule has 150 valence electrons. The lowest BCUT2D eigenvalue weighted by molar-refractivity contribution is -0.137. The molecule has 7 heteroatoms. The van der Waals surface area contributed by atoms with Crippen molar-refractivity contribution >= 4 is 23.6 Å². The highest BCUT2D eigenvalue weighted by Gasteiger charge is 2.34. The third-order valence-electron chi connectivity index (χ3n) is 4.35. The Labute approximate surface area is 169 Å². The van der Waals surface area contributed by atoms with Gasteiger partial charge in [-0.15, -0.1) is 0 Å². The molecule has 0 atom stereocenters. The lowest BCUT2D eigenvalue weighted by atomic mass is 9.96. The number of hydrogen-bond donors (Lipinski definition) is 1. The van der Waals surface area contributed by atoms with Gasteiger partial charge >= 0.3 is 5.97 Å². The van der Waals surface area contributed by atoms with E-state index in [4.69, 9.17) is 14.2 Å². The minimum Gasteiger partial charge on any atom is -0.505 e. The number of carbonyl (C=O) groups excluding carboxylic acids is 1. The van der Waals surface area contributed by atoms with E-state index in [0.717, 1.165) is 0 Å². The van der Waals surface area contributed by atoms with E-state index in [1.54, 1.807) is 44.4 Å².